The topological polar surface area (TPSA) is 91.7 Å². The van der Waals surface area contributed by atoms with Gasteiger partial charge in [-0.2, -0.15) is 0 Å². The summed E-state index contributed by atoms with van der Waals surface area (Å²) < 4.78 is 0. The van der Waals surface area contributed by atoms with Crippen LogP contribution in [0.3, 0.4) is 0 Å². The highest BCUT2D eigenvalue weighted by molar-refractivity contribution is 6.18. The fourth-order valence-corrected chi connectivity index (χ4v) is 7.37. The van der Waals surface area contributed by atoms with Crippen LogP contribution in [0.2, 0.25) is 0 Å². The van der Waals surface area contributed by atoms with Crippen LogP contribution in [-0.2, 0) is 14.4 Å². The lowest BCUT2D eigenvalue weighted by Gasteiger charge is -2.58. The zero-order chi connectivity index (χ0) is 18.9. The Morgan fingerprint density at radius 2 is 1.69 bits per heavy atom. The molecule has 0 aromatic rings. The summed E-state index contributed by atoms with van der Waals surface area (Å²) in [5.41, 5.74) is 0.581. The van der Waals surface area contributed by atoms with Gasteiger partial charge in [0, 0.05) is 6.42 Å². The van der Waals surface area contributed by atoms with Gasteiger partial charge in [-0.3, -0.25) is 9.59 Å². The van der Waals surface area contributed by atoms with Crippen molar-refractivity contribution < 1.29 is 24.6 Å². The van der Waals surface area contributed by atoms with Crippen molar-refractivity contribution >= 4 is 17.7 Å². The molecule has 4 aliphatic carbocycles. The number of Topliss-reactive ketones (excluding diaryl/α,β-unsaturated/α-hetero) is 1. The minimum atomic E-state index is -1.07. The van der Waals surface area contributed by atoms with Crippen molar-refractivity contribution in [3.63, 3.8) is 0 Å². The molecule has 1 unspecified atom stereocenters. The van der Waals surface area contributed by atoms with E-state index < -0.39 is 11.9 Å². The molecule has 142 valence electrons. The maximum Gasteiger partial charge on any atom is 0.339 e. The Bertz CT molecular complexity index is 722. The van der Waals surface area contributed by atoms with Crippen LogP contribution >= 0.6 is 0 Å². The van der Waals surface area contributed by atoms with Gasteiger partial charge >= 0.3 is 11.9 Å². The number of fused-ring (bicyclic) bond motifs is 5. The number of carbonyl (C=O) groups is 3. The summed E-state index contributed by atoms with van der Waals surface area (Å²) in [6, 6.07) is 0. The van der Waals surface area contributed by atoms with Gasteiger partial charge in [-0.05, 0) is 79.1 Å². The molecule has 4 rings (SSSR count). The zero-order valence-electron chi connectivity index (χ0n) is 15.6. The van der Waals surface area contributed by atoms with E-state index in [-0.39, 0.29) is 28.1 Å². The third kappa shape index (κ3) is 2.18. The second-order valence-electron chi connectivity index (χ2n) is 9.43. The molecular weight excluding hydrogens is 332 g/mol. The summed E-state index contributed by atoms with van der Waals surface area (Å²) in [7, 11) is 0. The number of carboxylic acids is 2. The van der Waals surface area contributed by atoms with Crippen molar-refractivity contribution in [3.05, 3.63) is 11.1 Å². The molecule has 0 aromatic heterocycles. The molecule has 2 N–H and O–H groups in total. The molecule has 0 spiro atoms. The van der Waals surface area contributed by atoms with Crippen LogP contribution in [0.4, 0.5) is 0 Å². The van der Waals surface area contributed by atoms with Gasteiger partial charge in [-0.1, -0.05) is 13.8 Å². The van der Waals surface area contributed by atoms with E-state index in [1.165, 1.54) is 0 Å². The third-order valence-corrected chi connectivity index (χ3v) is 8.64. The number of carbonyl (C=O) groups excluding carboxylic acids is 1. The van der Waals surface area contributed by atoms with E-state index in [9.17, 15) is 24.6 Å². The average Bonchev–Trinajstić information content (AvgIpc) is 2.92. The summed E-state index contributed by atoms with van der Waals surface area (Å²) in [5.74, 6) is -0.952. The monoisotopic (exact) mass is 360 g/mol. The first-order valence-electron chi connectivity index (χ1n) is 9.93. The van der Waals surface area contributed by atoms with Crippen LogP contribution in [0.25, 0.3) is 0 Å². The van der Waals surface area contributed by atoms with Crippen molar-refractivity contribution in [2.24, 2.45) is 34.5 Å². The number of hydrogen-bond donors (Lipinski definition) is 2. The van der Waals surface area contributed by atoms with Crippen LogP contribution in [0.1, 0.15) is 65.2 Å². The van der Waals surface area contributed by atoms with Gasteiger partial charge < -0.3 is 10.2 Å². The predicted molar refractivity (Wildman–Crippen MR) is 94.4 cm³/mol. The Labute approximate surface area is 153 Å². The first-order chi connectivity index (χ1) is 12.2. The first-order valence-corrected chi connectivity index (χ1v) is 9.93. The molecule has 3 saturated carbocycles. The molecule has 0 heterocycles. The van der Waals surface area contributed by atoms with Crippen molar-refractivity contribution in [2.75, 3.05) is 0 Å². The fourth-order valence-electron chi connectivity index (χ4n) is 7.37. The molecule has 4 aliphatic rings. The van der Waals surface area contributed by atoms with Crippen molar-refractivity contribution in [3.8, 4) is 0 Å². The SMILES string of the molecule is C[C@]12CCC(=O)C(C(=O)O)=C1CC[C@@H]1[C@H]2CC[C@]2(C)C(C(=O)O)CC[C@@H]12. The number of carboxylic acid groups (broad SMARTS) is 2. The van der Waals surface area contributed by atoms with E-state index in [0.29, 0.717) is 30.6 Å². The molecule has 3 fully saturated rings. The smallest absolute Gasteiger partial charge is 0.339 e. The molecule has 0 aliphatic heterocycles. The van der Waals surface area contributed by atoms with Gasteiger partial charge in [-0.25, -0.2) is 4.79 Å². The number of aliphatic carboxylic acids is 2. The summed E-state index contributed by atoms with van der Waals surface area (Å²) in [4.78, 5) is 35.7. The molecule has 5 nitrogen and oxygen atoms in total. The highest BCUT2D eigenvalue weighted by atomic mass is 16.4. The molecule has 0 radical (unpaired) electrons. The average molecular weight is 360 g/mol. The van der Waals surface area contributed by atoms with Crippen LogP contribution in [0, 0.1) is 34.5 Å². The van der Waals surface area contributed by atoms with Gasteiger partial charge in [0.05, 0.1) is 5.92 Å². The second kappa shape index (κ2) is 5.67. The highest BCUT2D eigenvalue weighted by Crippen LogP contribution is 2.67. The lowest BCUT2D eigenvalue weighted by Crippen LogP contribution is -2.52. The molecule has 0 amide bonds. The number of ketones is 1. The van der Waals surface area contributed by atoms with Gasteiger partial charge in [-0.15, -0.1) is 0 Å². The van der Waals surface area contributed by atoms with Gasteiger partial charge in [0.25, 0.3) is 0 Å². The summed E-state index contributed by atoms with van der Waals surface area (Å²) >= 11 is 0. The van der Waals surface area contributed by atoms with Crippen molar-refractivity contribution in [1.82, 2.24) is 0 Å². The number of allylic oxidation sites excluding steroid dienone is 1. The Hall–Kier alpha value is -1.65. The normalized spacial score (nSPS) is 44.9. The van der Waals surface area contributed by atoms with E-state index in [0.717, 1.165) is 44.1 Å². The third-order valence-electron chi connectivity index (χ3n) is 8.64. The molecule has 0 aromatic carbocycles. The lowest BCUT2D eigenvalue weighted by atomic mass is 9.46. The van der Waals surface area contributed by atoms with Crippen LogP contribution in [0.5, 0.6) is 0 Å². The van der Waals surface area contributed by atoms with Crippen LogP contribution < -0.4 is 0 Å². The summed E-state index contributed by atoms with van der Waals surface area (Å²) in [6.07, 6.45) is 6.21. The second-order valence-corrected chi connectivity index (χ2v) is 9.43. The number of rotatable bonds is 2. The van der Waals surface area contributed by atoms with E-state index in [2.05, 4.69) is 13.8 Å². The van der Waals surface area contributed by atoms with Crippen LogP contribution in [0.15, 0.2) is 11.1 Å². The molecule has 26 heavy (non-hydrogen) atoms. The number of hydrogen-bond acceptors (Lipinski definition) is 3. The Morgan fingerprint density at radius 3 is 2.35 bits per heavy atom. The summed E-state index contributed by atoms with van der Waals surface area (Å²) in [6.45, 7) is 4.33. The highest BCUT2D eigenvalue weighted by Gasteiger charge is 2.61. The largest absolute Gasteiger partial charge is 0.481 e. The quantitative estimate of drug-likeness (QED) is 0.733. The van der Waals surface area contributed by atoms with Gasteiger partial charge in [0.1, 0.15) is 5.57 Å². The first kappa shape index (κ1) is 17.7. The van der Waals surface area contributed by atoms with E-state index in [4.69, 9.17) is 0 Å². The van der Waals surface area contributed by atoms with Gasteiger partial charge in [0.2, 0.25) is 0 Å². The Kier molecular flexibility index (Phi) is 3.87. The zero-order valence-corrected chi connectivity index (χ0v) is 15.6. The maximum absolute atomic E-state index is 12.2. The van der Waals surface area contributed by atoms with Crippen LogP contribution in [-0.4, -0.2) is 27.9 Å². The molecular formula is C21H28O5. The fraction of sp³-hybridized carbons (Fsp3) is 0.762. The minimum Gasteiger partial charge on any atom is -0.481 e. The van der Waals surface area contributed by atoms with E-state index >= 15 is 0 Å². The Morgan fingerprint density at radius 1 is 0.962 bits per heavy atom. The van der Waals surface area contributed by atoms with Gasteiger partial charge in [0.15, 0.2) is 5.78 Å². The summed E-state index contributed by atoms with van der Waals surface area (Å²) in [5, 5.41) is 19.3. The molecule has 0 saturated heterocycles. The molecule has 6 atom stereocenters. The van der Waals surface area contributed by atoms with Crippen molar-refractivity contribution in [1.29, 1.82) is 0 Å². The van der Waals surface area contributed by atoms with Crippen molar-refractivity contribution in [2.45, 2.75) is 65.2 Å². The predicted octanol–water partition coefficient (Wildman–Crippen LogP) is 3.67. The standard InChI is InChI=1S/C21H28O5/c1-20-10-8-16(22)17(19(25)26)14(20)4-3-11-12-5-6-15(18(23)24)21(12,2)9-7-13(11)20/h11-13,15H,3-10H2,1-2H3,(H,23,24)(H,25,26)/t11-,12-,13+,15?,20+,21-/m0/s1. The lowest BCUT2D eigenvalue weighted by molar-refractivity contribution is -0.149. The maximum atomic E-state index is 12.2. The minimum absolute atomic E-state index is 0.0559. The Balaban J connectivity index is 1.72. The van der Waals surface area contributed by atoms with E-state index in [1.807, 2.05) is 0 Å². The molecule has 5 heteroatoms. The van der Waals surface area contributed by atoms with E-state index in [1.54, 1.807) is 0 Å². The molecule has 0 bridgehead atoms.